The largest absolute Gasteiger partial charge is 0.332 e. The molecular formula is C17H29BrN2S. The molecule has 21 heavy (non-hydrogen) atoms. The quantitative estimate of drug-likeness (QED) is 0.452. The molecule has 2 N–H and O–H groups in total. The molecule has 0 aliphatic rings. The Kier molecular flexibility index (Phi) is 9.45. The van der Waals surface area contributed by atoms with Crippen LogP contribution in [0.4, 0.5) is 5.69 Å². The van der Waals surface area contributed by atoms with E-state index in [4.69, 9.17) is 0 Å². The molecule has 0 spiro atoms. The van der Waals surface area contributed by atoms with Crippen LogP contribution in [0.1, 0.15) is 58.4 Å². The van der Waals surface area contributed by atoms with Gasteiger partial charge < -0.3 is 10.0 Å². The molecule has 1 rings (SSSR count). The summed E-state index contributed by atoms with van der Waals surface area (Å²) in [6, 6.07) is 6.86. The van der Waals surface area contributed by atoms with Crippen molar-refractivity contribution in [1.82, 2.24) is 5.32 Å². The van der Waals surface area contributed by atoms with Crippen molar-refractivity contribution in [3.8, 4) is 0 Å². The summed E-state index contributed by atoms with van der Waals surface area (Å²) in [5.74, 6) is 0.826. The van der Waals surface area contributed by atoms with E-state index in [1.165, 1.54) is 37.7 Å². The highest BCUT2D eigenvalue weighted by molar-refractivity contribution is 9.10. The number of benzene rings is 1. The monoisotopic (exact) mass is 372 g/mol. The van der Waals surface area contributed by atoms with E-state index in [-0.39, 0.29) is 0 Å². The summed E-state index contributed by atoms with van der Waals surface area (Å²) >= 11 is 7.73. The maximum atomic E-state index is 4.19. The van der Waals surface area contributed by atoms with Crippen LogP contribution in [0.3, 0.4) is 0 Å². The minimum atomic E-state index is 0.607. The Hall–Kier alpha value is -0.190. The van der Waals surface area contributed by atoms with Crippen LogP contribution in [-0.2, 0) is 6.54 Å². The molecule has 0 radical (unpaired) electrons. The molecule has 1 aromatic carbocycles. The second-order valence-corrected chi connectivity index (χ2v) is 7.01. The standard InChI is InChI=1S/C17H29BrN2S/c1-4-6-16(9-7-13(3)5-2)19-12-14-11-15(18)8-10-17(14)20-21/h8,10-11,13,16,19-21H,4-7,9,12H2,1-3H3. The van der Waals surface area contributed by atoms with Gasteiger partial charge in [-0.15, -0.1) is 0 Å². The third kappa shape index (κ3) is 7.07. The molecule has 1 aromatic rings. The number of hydrogen-bond donors (Lipinski definition) is 3. The molecule has 0 amide bonds. The zero-order valence-corrected chi connectivity index (χ0v) is 15.9. The third-order valence-corrected chi connectivity index (χ3v) is 4.85. The average molecular weight is 373 g/mol. The fourth-order valence-electron chi connectivity index (χ4n) is 2.46. The first-order valence-corrected chi connectivity index (χ1v) is 9.26. The highest BCUT2D eigenvalue weighted by Gasteiger charge is 2.11. The van der Waals surface area contributed by atoms with Gasteiger partial charge in [0.1, 0.15) is 0 Å². The summed E-state index contributed by atoms with van der Waals surface area (Å²) in [4.78, 5) is 0. The zero-order valence-electron chi connectivity index (χ0n) is 13.5. The molecule has 2 nitrogen and oxygen atoms in total. The van der Waals surface area contributed by atoms with Crippen molar-refractivity contribution in [2.75, 3.05) is 4.72 Å². The number of halogens is 1. The molecule has 120 valence electrons. The minimum Gasteiger partial charge on any atom is -0.332 e. The van der Waals surface area contributed by atoms with Gasteiger partial charge in [0, 0.05) is 22.7 Å². The summed E-state index contributed by atoms with van der Waals surface area (Å²) in [7, 11) is 0. The summed E-state index contributed by atoms with van der Waals surface area (Å²) < 4.78 is 4.08. The van der Waals surface area contributed by atoms with E-state index in [1.54, 1.807) is 0 Å². The van der Waals surface area contributed by atoms with E-state index in [0.29, 0.717) is 6.04 Å². The topological polar surface area (TPSA) is 24.1 Å². The lowest BCUT2D eigenvalue weighted by Crippen LogP contribution is -2.29. The third-order valence-electron chi connectivity index (χ3n) is 4.11. The molecule has 2 atom stereocenters. The molecule has 0 heterocycles. The number of anilines is 1. The van der Waals surface area contributed by atoms with Crippen molar-refractivity contribution >= 4 is 34.4 Å². The summed E-state index contributed by atoms with van der Waals surface area (Å²) in [6.07, 6.45) is 6.32. The molecule has 0 saturated heterocycles. The summed E-state index contributed by atoms with van der Waals surface area (Å²) in [6.45, 7) is 7.77. The van der Waals surface area contributed by atoms with Crippen molar-refractivity contribution in [2.24, 2.45) is 5.92 Å². The van der Waals surface area contributed by atoms with Crippen LogP contribution in [0.5, 0.6) is 0 Å². The fourth-order valence-corrected chi connectivity index (χ4v) is 3.09. The van der Waals surface area contributed by atoms with Crippen LogP contribution in [0.15, 0.2) is 22.7 Å². The second kappa shape index (κ2) is 10.5. The van der Waals surface area contributed by atoms with E-state index in [1.807, 2.05) is 6.07 Å². The molecule has 2 unspecified atom stereocenters. The smallest absolute Gasteiger partial charge is 0.0483 e. The Balaban J connectivity index is 2.57. The lowest BCUT2D eigenvalue weighted by Gasteiger charge is -2.21. The number of nitrogens with one attached hydrogen (secondary N) is 2. The normalized spacial score (nSPS) is 14.0. The van der Waals surface area contributed by atoms with E-state index in [2.05, 4.69) is 71.7 Å². The van der Waals surface area contributed by atoms with Crippen LogP contribution >= 0.6 is 28.7 Å². The van der Waals surface area contributed by atoms with E-state index < -0.39 is 0 Å². The van der Waals surface area contributed by atoms with Gasteiger partial charge in [0.2, 0.25) is 0 Å². The van der Waals surface area contributed by atoms with Gasteiger partial charge in [-0.25, -0.2) is 0 Å². The van der Waals surface area contributed by atoms with Crippen molar-refractivity contribution < 1.29 is 0 Å². The van der Waals surface area contributed by atoms with Crippen molar-refractivity contribution in [3.05, 3.63) is 28.2 Å². The second-order valence-electron chi connectivity index (χ2n) is 5.87. The fraction of sp³-hybridized carbons (Fsp3) is 0.647. The van der Waals surface area contributed by atoms with Crippen LogP contribution < -0.4 is 10.0 Å². The molecule has 0 aromatic heterocycles. The van der Waals surface area contributed by atoms with Gasteiger partial charge >= 0.3 is 0 Å². The van der Waals surface area contributed by atoms with Crippen LogP contribution in [0.2, 0.25) is 0 Å². The van der Waals surface area contributed by atoms with Gasteiger partial charge in [-0.3, -0.25) is 0 Å². The van der Waals surface area contributed by atoms with Gasteiger partial charge in [-0.2, -0.15) is 0 Å². The van der Waals surface area contributed by atoms with Crippen molar-refractivity contribution in [1.29, 1.82) is 0 Å². The maximum Gasteiger partial charge on any atom is 0.0483 e. The SMILES string of the molecule is CCCC(CCC(C)CC)NCc1cc(Br)ccc1NS. The molecule has 0 fully saturated rings. The molecule has 0 aliphatic heterocycles. The van der Waals surface area contributed by atoms with Gasteiger partial charge in [0.15, 0.2) is 0 Å². The minimum absolute atomic E-state index is 0.607. The number of thiol groups is 1. The first kappa shape index (κ1) is 18.9. The predicted molar refractivity (Wildman–Crippen MR) is 101 cm³/mol. The van der Waals surface area contributed by atoms with Crippen molar-refractivity contribution in [3.63, 3.8) is 0 Å². The van der Waals surface area contributed by atoms with Gasteiger partial charge in [-0.05, 0) is 48.9 Å². The van der Waals surface area contributed by atoms with Crippen LogP contribution in [0, 0.1) is 5.92 Å². The Labute approximate surface area is 144 Å². The Morgan fingerprint density at radius 1 is 1.19 bits per heavy atom. The van der Waals surface area contributed by atoms with Gasteiger partial charge in [0.25, 0.3) is 0 Å². The molecule has 0 saturated carbocycles. The number of hydrogen-bond acceptors (Lipinski definition) is 3. The Morgan fingerprint density at radius 2 is 1.95 bits per heavy atom. The maximum absolute atomic E-state index is 4.19. The predicted octanol–water partition coefficient (Wildman–Crippen LogP) is 5.79. The first-order valence-electron chi connectivity index (χ1n) is 8.02. The lowest BCUT2D eigenvalue weighted by atomic mass is 9.97. The van der Waals surface area contributed by atoms with E-state index >= 15 is 0 Å². The van der Waals surface area contributed by atoms with E-state index in [0.717, 1.165) is 22.6 Å². The summed E-state index contributed by atoms with van der Waals surface area (Å²) in [5.41, 5.74) is 2.33. The van der Waals surface area contributed by atoms with Crippen LogP contribution in [-0.4, -0.2) is 6.04 Å². The van der Waals surface area contributed by atoms with Gasteiger partial charge in [-0.1, -0.05) is 62.4 Å². The average Bonchev–Trinajstić information content (AvgIpc) is 2.49. The van der Waals surface area contributed by atoms with E-state index in [9.17, 15) is 0 Å². The number of rotatable bonds is 10. The Morgan fingerprint density at radius 3 is 2.57 bits per heavy atom. The molecule has 0 aliphatic carbocycles. The summed E-state index contributed by atoms with van der Waals surface area (Å²) in [5, 5.41) is 3.72. The molecular weight excluding hydrogens is 344 g/mol. The van der Waals surface area contributed by atoms with Crippen LogP contribution in [0.25, 0.3) is 0 Å². The molecule has 0 bridgehead atoms. The first-order chi connectivity index (χ1) is 10.1. The Bertz CT molecular complexity index is 412. The van der Waals surface area contributed by atoms with Crippen molar-refractivity contribution in [2.45, 2.75) is 65.5 Å². The van der Waals surface area contributed by atoms with Gasteiger partial charge in [0.05, 0.1) is 0 Å². The molecule has 4 heteroatoms. The zero-order chi connectivity index (χ0) is 15.7. The lowest BCUT2D eigenvalue weighted by molar-refractivity contribution is 0.390. The highest BCUT2D eigenvalue weighted by atomic mass is 79.9. The highest BCUT2D eigenvalue weighted by Crippen LogP contribution is 2.22.